The maximum Gasteiger partial charge on any atom is 0.145 e. The molecule has 152 valence electrons. The van der Waals surface area contributed by atoms with E-state index in [1.165, 1.54) is 0 Å². The van der Waals surface area contributed by atoms with Gasteiger partial charge in [-0.25, -0.2) is 0 Å². The molecule has 0 spiro atoms. The van der Waals surface area contributed by atoms with Crippen molar-refractivity contribution < 1.29 is 4.79 Å². The fourth-order valence-electron chi connectivity index (χ4n) is 5.12. The Hall–Kier alpha value is -2.96. The molecule has 0 N–H and O–H groups in total. The van der Waals surface area contributed by atoms with Crippen molar-refractivity contribution in [2.45, 2.75) is 18.6 Å². The van der Waals surface area contributed by atoms with Gasteiger partial charge in [0.15, 0.2) is 0 Å². The molecule has 3 aromatic heterocycles. The van der Waals surface area contributed by atoms with Crippen LogP contribution in [0.15, 0.2) is 73.2 Å². The lowest BCUT2D eigenvalue weighted by Gasteiger charge is -2.52. The van der Waals surface area contributed by atoms with Gasteiger partial charge in [-0.2, -0.15) is 0 Å². The van der Waals surface area contributed by atoms with E-state index in [2.05, 4.69) is 31.8 Å². The van der Waals surface area contributed by atoms with Gasteiger partial charge in [-0.05, 0) is 43.4 Å². The number of fused-ring (bicyclic) bond motifs is 2. The van der Waals surface area contributed by atoms with Gasteiger partial charge in [-0.15, -0.1) is 0 Å². The number of ketones is 1. The SMILES string of the molecule is CN1C(c2ccccn2)C2CN(Cc3ccccn3)CC(C2=O)C1c1ccccn1. The molecule has 0 radical (unpaired) electrons. The van der Waals surface area contributed by atoms with Gasteiger partial charge in [-0.3, -0.25) is 29.5 Å². The molecule has 2 bridgehead atoms. The Bertz CT molecular complexity index is 938. The minimum absolute atomic E-state index is 0.0755. The standard InChI is InChI=1S/C24H25N5O/c1-28-22(20-9-3-6-12-26-20)18-15-29(14-17-8-2-5-11-25-17)16-19(24(18)30)23(28)21-10-4-7-13-27-21/h2-13,18-19,22-23H,14-16H2,1H3. The van der Waals surface area contributed by atoms with Crippen LogP contribution in [0.1, 0.15) is 29.2 Å². The van der Waals surface area contributed by atoms with Crippen molar-refractivity contribution in [3.8, 4) is 0 Å². The fraction of sp³-hybridized carbons (Fsp3) is 0.333. The van der Waals surface area contributed by atoms with Gasteiger partial charge in [0.2, 0.25) is 0 Å². The van der Waals surface area contributed by atoms with Crippen LogP contribution in [0.2, 0.25) is 0 Å². The summed E-state index contributed by atoms with van der Waals surface area (Å²) in [5.74, 6) is 0.0938. The molecule has 0 aliphatic carbocycles. The van der Waals surface area contributed by atoms with Gasteiger partial charge in [0.05, 0.1) is 41.0 Å². The molecule has 0 amide bonds. The highest BCUT2D eigenvalue weighted by molar-refractivity contribution is 5.87. The molecular formula is C24H25N5O. The van der Waals surface area contributed by atoms with Crippen molar-refractivity contribution in [3.63, 3.8) is 0 Å². The molecule has 2 aliphatic heterocycles. The lowest BCUT2D eigenvalue weighted by Crippen LogP contribution is -2.59. The number of likely N-dealkylation sites (tertiary alicyclic amines) is 2. The normalized spacial score (nSPS) is 27.2. The average Bonchev–Trinajstić information content (AvgIpc) is 2.78. The second-order valence-electron chi connectivity index (χ2n) is 8.19. The van der Waals surface area contributed by atoms with E-state index in [0.29, 0.717) is 18.9 Å². The van der Waals surface area contributed by atoms with Gasteiger partial charge in [0, 0.05) is 38.2 Å². The van der Waals surface area contributed by atoms with Crippen molar-refractivity contribution >= 4 is 5.78 Å². The summed E-state index contributed by atoms with van der Waals surface area (Å²) >= 11 is 0. The number of carbonyl (C=O) groups excluding carboxylic acids is 1. The zero-order valence-corrected chi connectivity index (χ0v) is 17.0. The molecule has 3 aromatic rings. The quantitative estimate of drug-likeness (QED) is 0.672. The highest BCUT2D eigenvalue weighted by atomic mass is 16.1. The van der Waals surface area contributed by atoms with E-state index < -0.39 is 0 Å². The van der Waals surface area contributed by atoms with Crippen LogP contribution in [-0.2, 0) is 11.3 Å². The summed E-state index contributed by atoms with van der Waals surface area (Å²) in [5, 5.41) is 0. The second-order valence-corrected chi connectivity index (χ2v) is 8.19. The van der Waals surface area contributed by atoms with Crippen molar-refractivity contribution in [1.29, 1.82) is 0 Å². The van der Waals surface area contributed by atoms with Crippen LogP contribution in [0.4, 0.5) is 0 Å². The predicted molar refractivity (Wildman–Crippen MR) is 113 cm³/mol. The first-order chi connectivity index (χ1) is 14.7. The number of piperidine rings is 2. The van der Waals surface area contributed by atoms with E-state index in [1.54, 1.807) is 0 Å². The third-order valence-electron chi connectivity index (χ3n) is 6.37. The molecule has 6 heteroatoms. The molecule has 30 heavy (non-hydrogen) atoms. The topological polar surface area (TPSA) is 62.2 Å². The van der Waals surface area contributed by atoms with Crippen LogP contribution >= 0.6 is 0 Å². The number of pyridine rings is 3. The maximum absolute atomic E-state index is 13.6. The third-order valence-corrected chi connectivity index (χ3v) is 6.37. The first-order valence-electron chi connectivity index (χ1n) is 10.4. The molecule has 0 saturated carbocycles. The Labute approximate surface area is 176 Å². The van der Waals surface area contributed by atoms with Crippen LogP contribution in [0.5, 0.6) is 0 Å². The zero-order chi connectivity index (χ0) is 20.5. The summed E-state index contributed by atoms with van der Waals surface area (Å²) in [5.41, 5.74) is 2.91. The van der Waals surface area contributed by atoms with E-state index in [1.807, 2.05) is 73.2 Å². The molecule has 6 nitrogen and oxygen atoms in total. The van der Waals surface area contributed by atoms with Gasteiger partial charge >= 0.3 is 0 Å². The first-order valence-corrected chi connectivity index (χ1v) is 10.4. The van der Waals surface area contributed by atoms with Crippen LogP contribution in [0.25, 0.3) is 0 Å². The molecule has 2 saturated heterocycles. The summed E-state index contributed by atoms with van der Waals surface area (Å²) in [6.07, 6.45) is 5.44. The Morgan fingerprint density at radius 3 is 1.80 bits per heavy atom. The lowest BCUT2D eigenvalue weighted by atomic mass is 9.72. The Kier molecular flexibility index (Phi) is 5.11. The molecule has 5 heterocycles. The highest BCUT2D eigenvalue weighted by Gasteiger charge is 2.52. The molecule has 2 aliphatic rings. The maximum atomic E-state index is 13.6. The minimum Gasteiger partial charge on any atom is -0.299 e. The van der Waals surface area contributed by atoms with Gasteiger partial charge in [0.25, 0.3) is 0 Å². The number of rotatable bonds is 4. The first kappa shape index (κ1) is 19.0. The average molecular weight is 399 g/mol. The third kappa shape index (κ3) is 3.42. The Morgan fingerprint density at radius 2 is 1.33 bits per heavy atom. The molecule has 4 atom stereocenters. The number of carbonyl (C=O) groups is 1. The predicted octanol–water partition coefficient (Wildman–Crippen LogP) is 2.92. The minimum atomic E-state index is -0.118. The smallest absolute Gasteiger partial charge is 0.145 e. The van der Waals surface area contributed by atoms with Crippen molar-refractivity contribution in [1.82, 2.24) is 24.8 Å². The molecule has 2 fully saturated rings. The van der Waals surface area contributed by atoms with Crippen molar-refractivity contribution in [3.05, 3.63) is 90.3 Å². The number of aromatic nitrogens is 3. The second kappa shape index (κ2) is 8.05. The summed E-state index contributed by atoms with van der Waals surface area (Å²) in [6.45, 7) is 2.17. The van der Waals surface area contributed by atoms with E-state index in [-0.39, 0.29) is 23.9 Å². The lowest BCUT2D eigenvalue weighted by molar-refractivity contribution is -0.148. The van der Waals surface area contributed by atoms with Gasteiger partial charge in [0.1, 0.15) is 5.78 Å². The van der Waals surface area contributed by atoms with E-state index >= 15 is 0 Å². The summed E-state index contributed by atoms with van der Waals surface area (Å²) < 4.78 is 0. The molecular weight excluding hydrogens is 374 g/mol. The van der Waals surface area contributed by atoms with E-state index in [9.17, 15) is 4.79 Å². The summed E-state index contributed by atoms with van der Waals surface area (Å²) in [4.78, 5) is 32.0. The summed E-state index contributed by atoms with van der Waals surface area (Å²) in [7, 11) is 2.11. The van der Waals surface area contributed by atoms with E-state index in [0.717, 1.165) is 23.6 Å². The van der Waals surface area contributed by atoms with Crippen LogP contribution in [-0.4, -0.2) is 50.7 Å². The van der Waals surface area contributed by atoms with Crippen LogP contribution < -0.4 is 0 Å². The van der Waals surface area contributed by atoms with Gasteiger partial charge in [-0.1, -0.05) is 18.2 Å². The van der Waals surface area contributed by atoms with Crippen molar-refractivity contribution in [2.75, 3.05) is 20.1 Å². The van der Waals surface area contributed by atoms with Crippen LogP contribution in [0, 0.1) is 11.8 Å². The Balaban J connectivity index is 1.54. The van der Waals surface area contributed by atoms with Crippen LogP contribution in [0.3, 0.4) is 0 Å². The Morgan fingerprint density at radius 1 is 0.800 bits per heavy atom. The number of Topliss-reactive ketones (excluding diaryl/α,β-unsaturated/α-hetero) is 1. The fourth-order valence-corrected chi connectivity index (χ4v) is 5.12. The molecule has 5 rings (SSSR count). The van der Waals surface area contributed by atoms with Gasteiger partial charge < -0.3 is 0 Å². The number of hydrogen-bond acceptors (Lipinski definition) is 6. The number of hydrogen-bond donors (Lipinski definition) is 0. The molecule has 4 unspecified atom stereocenters. The van der Waals surface area contributed by atoms with Crippen molar-refractivity contribution in [2.24, 2.45) is 11.8 Å². The van der Waals surface area contributed by atoms with E-state index in [4.69, 9.17) is 0 Å². The monoisotopic (exact) mass is 399 g/mol. The molecule has 0 aromatic carbocycles. The summed E-state index contributed by atoms with van der Waals surface area (Å²) in [6, 6.07) is 17.7. The highest BCUT2D eigenvalue weighted by Crippen LogP contribution is 2.47. The zero-order valence-electron chi connectivity index (χ0n) is 17.0. The largest absolute Gasteiger partial charge is 0.299 e. The number of nitrogens with zero attached hydrogens (tertiary/aromatic N) is 5.